The molecule has 0 unspecified atom stereocenters. The summed E-state index contributed by atoms with van der Waals surface area (Å²) < 4.78 is 5.59. The van der Waals surface area contributed by atoms with E-state index in [-0.39, 0.29) is 17.4 Å². The molecule has 0 saturated heterocycles. The van der Waals surface area contributed by atoms with Crippen LogP contribution in [0.1, 0.15) is 18.3 Å². The Labute approximate surface area is 115 Å². The van der Waals surface area contributed by atoms with Gasteiger partial charge in [-0.3, -0.25) is 15.1 Å². The minimum atomic E-state index is -0.586. The quantitative estimate of drug-likeness (QED) is 0.678. The normalized spacial score (nSPS) is 10.3. The Bertz CT molecular complexity index is 658. The highest BCUT2D eigenvalue weighted by Crippen LogP contribution is 2.27. The van der Waals surface area contributed by atoms with Crippen molar-refractivity contribution in [2.75, 3.05) is 5.73 Å². The number of anilines is 1. The number of hydrogen-bond donors (Lipinski definition) is 1. The molecule has 0 saturated carbocycles. The highest BCUT2D eigenvalue weighted by molar-refractivity contribution is 5.53. The number of aryl methyl sites for hydroxylation is 2. The first kappa shape index (κ1) is 13.7. The zero-order valence-electron chi connectivity index (χ0n) is 11.2. The van der Waals surface area contributed by atoms with Crippen molar-refractivity contribution in [3.8, 4) is 11.6 Å². The van der Waals surface area contributed by atoms with Crippen molar-refractivity contribution in [3.05, 3.63) is 45.8 Å². The number of ether oxygens (including phenoxy) is 1. The molecule has 7 nitrogen and oxygen atoms in total. The largest absolute Gasteiger partial charge is 0.437 e. The third-order valence-electron chi connectivity index (χ3n) is 2.69. The highest BCUT2D eigenvalue weighted by atomic mass is 16.6. The van der Waals surface area contributed by atoms with Gasteiger partial charge in [-0.15, -0.1) is 0 Å². The van der Waals surface area contributed by atoms with Gasteiger partial charge in [0.05, 0.1) is 10.6 Å². The summed E-state index contributed by atoms with van der Waals surface area (Å²) in [4.78, 5) is 18.3. The third kappa shape index (κ3) is 2.82. The third-order valence-corrected chi connectivity index (χ3v) is 2.69. The van der Waals surface area contributed by atoms with Crippen LogP contribution in [-0.4, -0.2) is 14.9 Å². The van der Waals surface area contributed by atoms with Gasteiger partial charge in [0, 0.05) is 17.8 Å². The Kier molecular flexibility index (Phi) is 3.79. The van der Waals surface area contributed by atoms with Gasteiger partial charge >= 0.3 is 5.69 Å². The monoisotopic (exact) mass is 274 g/mol. The van der Waals surface area contributed by atoms with Gasteiger partial charge in [0.2, 0.25) is 11.7 Å². The summed E-state index contributed by atoms with van der Waals surface area (Å²) in [6.45, 7) is 3.86. The van der Waals surface area contributed by atoms with Crippen LogP contribution in [0.3, 0.4) is 0 Å². The van der Waals surface area contributed by atoms with Crippen molar-refractivity contribution < 1.29 is 9.66 Å². The Balaban J connectivity index is 2.31. The van der Waals surface area contributed by atoms with Crippen LogP contribution in [0, 0.1) is 17.0 Å². The van der Waals surface area contributed by atoms with Crippen LogP contribution in [0.25, 0.3) is 0 Å². The maximum atomic E-state index is 10.7. The molecule has 0 aliphatic heterocycles. The number of nitrogens with zero attached hydrogens (tertiary/aromatic N) is 3. The minimum absolute atomic E-state index is 0.175. The van der Waals surface area contributed by atoms with Gasteiger partial charge in [-0.2, -0.15) is 4.98 Å². The zero-order chi connectivity index (χ0) is 14.7. The molecule has 0 aliphatic carbocycles. The number of nitrogen functional groups attached to an aromatic ring is 1. The fourth-order valence-corrected chi connectivity index (χ4v) is 1.72. The van der Waals surface area contributed by atoms with Crippen molar-refractivity contribution in [3.63, 3.8) is 0 Å². The Morgan fingerprint density at radius 2 is 2.05 bits per heavy atom. The van der Waals surface area contributed by atoms with E-state index < -0.39 is 4.92 Å². The van der Waals surface area contributed by atoms with Crippen LogP contribution < -0.4 is 10.5 Å². The van der Waals surface area contributed by atoms with E-state index in [0.29, 0.717) is 12.2 Å². The molecule has 2 heterocycles. The summed E-state index contributed by atoms with van der Waals surface area (Å²) in [5.41, 5.74) is 6.97. The number of nitro groups is 1. The second-order valence-electron chi connectivity index (χ2n) is 4.16. The van der Waals surface area contributed by atoms with Crippen LogP contribution in [0.15, 0.2) is 24.3 Å². The number of pyridine rings is 2. The lowest BCUT2D eigenvalue weighted by Crippen LogP contribution is -2.01. The van der Waals surface area contributed by atoms with E-state index in [1.165, 1.54) is 12.1 Å². The lowest BCUT2D eigenvalue weighted by molar-refractivity contribution is -0.384. The fraction of sp³-hybridized carbons (Fsp3) is 0.231. The molecule has 7 heteroatoms. The van der Waals surface area contributed by atoms with Gasteiger partial charge in [0.25, 0.3) is 0 Å². The van der Waals surface area contributed by atoms with Gasteiger partial charge < -0.3 is 10.5 Å². The van der Waals surface area contributed by atoms with Gasteiger partial charge in [-0.05, 0) is 25.5 Å². The second-order valence-corrected chi connectivity index (χ2v) is 4.16. The molecule has 0 aromatic carbocycles. The molecular weight excluding hydrogens is 260 g/mol. The lowest BCUT2D eigenvalue weighted by Gasteiger charge is -2.09. The maximum absolute atomic E-state index is 10.7. The Morgan fingerprint density at radius 1 is 1.30 bits per heavy atom. The fourth-order valence-electron chi connectivity index (χ4n) is 1.72. The average molecular weight is 274 g/mol. The molecular formula is C13H14N4O3. The van der Waals surface area contributed by atoms with Crippen molar-refractivity contribution in [1.82, 2.24) is 9.97 Å². The molecule has 0 amide bonds. The summed E-state index contributed by atoms with van der Waals surface area (Å²) in [7, 11) is 0. The molecule has 20 heavy (non-hydrogen) atoms. The number of aromatic nitrogens is 2. The van der Waals surface area contributed by atoms with E-state index in [2.05, 4.69) is 9.97 Å². The highest BCUT2D eigenvalue weighted by Gasteiger charge is 2.14. The smallest absolute Gasteiger partial charge is 0.311 e. The number of hydrogen-bond acceptors (Lipinski definition) is 6. The molecule has 0 aliphatic rings. The summed E-state index contributed by atoms with van der Waals surface area (Å²) in [5.74, 6) is 0.595. The molecule has 2 N–H and O–H groups in total. The summed E-state index contributed by atoms with van der Waals surface area (Å²) in [5, 5.41) is 10.7. The second kappa shape index (κ2) is 5.52. The number of nitrogens with two attached hydrogens (primary N) is 1. The molecule has 0 fully saturated rings. The zero-order valence-corrected chi connectivity index (χ0v) is 11.2. The van der Waals surface area contributed by atoms with Gasteiger partial charge in [-0.25, -0.2) is 0 Å². The van der Waals surface area contributed by atoms with E-state index in [1.807, 2.05) is 19.9 Å². The van der Waals surface area contributed by atoms with Crippen LogP contribution >= 0.6 is 0 Å². The first-order chi connectivity index (χ1) is 9.51. The topological polar surface area (TPSA) is 104 Å². The standard InChI is InChI=1S/C13H14N4O3/c1-3-9-11(6-4-8(2)15-9)20-12-7-5-10(17(18)19)13(14)16-12/h4-7H,3H2,1-2H3,(H2,14,16). The summed E-state index contributed by atoms with van der Waals surface area (Å²) in [6.07, 6.45) is 0.708. The molecule has 0 atom stereocenters. The molecule has 0 bridgehead atoms. The van der Waals surface area contributed by atoms with Crippen LogP contribution in [0.5, 0.6) is 11.6 Å². The molecule has 2 rings (SSSR count). The predicted octanol–water partition coefficient (Wildman–Crippen LogP) is 2.63. The maximum Gasteiger partial charge on any atom is 0.311 e. The first-order valence-corrected chi connectivity index (χ1v) is 6.06. The van der Waals surface area contributed by atoms with E-state index in [9.17, 15) is 10.1 Å². The lowest BCUT2D eigenvalue weighted by atomic mass is 10.2. The van der Waals surface area contributed by atoms with E-state index >= 15 is 0 Å². The van der Waals surface area contributed by atoms with E-state index in [1.54, 1.807) is 6.07 Å². The molecule has 0 spiro atoms. The van der Waals surface area contributed by atoms with Crippen molar-refractivity contribution >= 4 is 11.5 Å². The van der Waals surface area contributed by atoms with Crippen molar-refractivity contribution in [1.29, 1.82) is 0 Å². The SMILES string of the molecule is CCc1nc(C)ccc1Oc1ccc([N+](=O)[O-])c(N)n1. The van der Waals surface area contributed by atoms with E-state index in [0.717, 1.165) is 11.4 Å². The number of rotatable bonds is 4. The van der Waals surface area contributed by atoms with Gasteiger partial charge in [0.15, 0.2) is 5.75 Å². The summed E-state index contributed by atoms with van der Waals surface area (Å²) >= 11 is 0. The predicted molar refractivity (Wildman–Crippen MR) is 73.7 cm³/mol. The molecule has 2 aromatic heterocycles. The molecule has 0 radical (unpaired) electrons. The first-order valence-electron chi connectivity index (χ1n) is 6.06. The molecule has 2 aromatic rings. The van der Waals surface area contributed by atoms with E-state index in [4.69, 9.17) is 10.5 Å². The molecule has 104 valence electrons. The van der Waals surface area contributed by atoms with Crippen LogP contribution in [-0.2, 0) is 6.42 Å². The average Bonchev–Trinajstić information content (AvgIpc) is 2.40. The minimum Gasteiger partial charge on any atom is -0.437 e. The van der Waals surface area contributed by atoms with Gasteiger partial charge in [0.1, 0.15) is 0 Å². The van der Waals surface area contributed by atoms with Crippen LogP contribution in [0.4, 0.5) is 11.5 Å². The summed E-state index contributed by atoms with van der Waals surface area (Å²) in [6, 6.07) is 6.29. The van der Waals surface area contributed by atoms with Gasteiger partial charge in [-0.1, -0.05) is 6.92 Å². The Morgan fingerprint density at radius 3 is 2.65 bits per heavy atom. The van der Waals surface area contributed by atoms with Crippen molar-refractivity contribution in [2.24, 2.45) is 0 Å². The van der Waals surface area contributed by atoms with Crippen LogP contribution in [0.2, 0.25) is 0 Å². The van der Waals surface area contributed by atoms with Crippen molar-refractivity contribution in [2.45, 2.75) is 20.3 Å². The Hall–Kier alpha value is -2.70.